The molecule has 1 heterocycles. The van der Waals surface area contributed by atoms with E-state index >= 15 is 0 Å². The first kappa shape index (κ1) is 12.0. The highest BCUT2D eigenvalue weighted by Crippen LogP contribution is 2.11. The Morgan fingerprint density at radius 3 is 2.79 bits per heavy atom. The Kier molecular flexibility index (Phi) is 7.01. The van der Waals surface area contributed by atoms with Gasteiger partial charge in [-0.1, -0.05) is 0 Å². The fourth-order valence-corrected chi connectivity index (χ4v) is 1.78. The first-order chi connectivity index (χ1) is 6.93. The van der Waals surface area contributed by atoms with Crippen LogP contribution in [-0.4, -0.2) is 39.4 Å². The topological polar surface area (TPSA) is 33.3 Å². The summed E-state index contributed by atoms with van der Waals surface area (Å²) in [5.41, 5.74) is 0. The zero-order chi connectivity index (χ0) is 10.1. The number of ether oxygens (including phenoxy) is 1. The lowest BCUT2D eigenvalue weighted by Crippen LogP contribution is -2.32. The second-order valence-corrected chi connectivity index (χ2v) is 4.00. The van der Waals surface area contributed by atoms with Crippen LogP contribution in [0.3, 0.4) is 0 Å². The van der Waals surface area contributed by atoms with E-state index in [4.69, 9.17) is 4.74 Å². The summed E-state index contributed by atoms with van der Waals surface area (Å²) in [7, 11) is 2.00. The molecule has 2 N–H and O–H groups in total. The number of nitrogens with one attached hydrogen (secondary N) is 2. The molecule has 1 aliphatic heterocycles. The first-order valence-corrected chi connectivity index (χ1v) is 5.90. The van der Waals surface area contributed by atoms with E-state index in [1.54, 1.807) is 0 Å². The number of unbranched alkanes of at least 4 members (excludes halogenated alkanes) is 1. The van der Waals surface area contributed by atoms with Crippen LogP contribution in [-0.2, 0) is 4.74 Å². The zero-order valence-corrected chi connectivity index (χ0v) is 9.35. The van der Waals surface area contributed by atoms with Gasteiger partial charge >= 0.3 is 0 Å². The maximum absolute atomic E-state index is 5.63. The van der Waals surface area contributed by atoms with Gasteiger partial charge in [-0.15, -0.1) is 0 Å². The fourth-order valence-electron chi connectivity index (χ4n) is 1.78. The molecule has 1 rings (SSSR count). The number of rotatable bonds is 7. The lowest BCUT2D eigenvalue weighted by Gasteiger charge is -2.22. The van der Waals surface area contributed by atoms with E-state index in [0.29, 0.717) is 6.10 Å². The van der Waals surface area contributed by atoms with E-state index in [0.717, 1.165) is 26.2 Å². The third-order valence-electron chi connectivity index (χ3n) is 2.68. The highest BCUT2D eigenvalue weighted by atomic mass is 16.5. The van der Waals surface area contributed by atoms with Crippen molar-refractivity contribution < 1.29 is 4.74 Å². The molecule has 1 atom stereocenters. The van der Waals surface area contributed by atoms with Crippen LogP contribution in [0.25, 0.3) is 0 Å². The van der Waals surface area contributed by atoms with Crippen molar-refractivity contribution >= 4 is 0 Å². The van der Waals surface area contributed by atoms with Crippen molar-refractivity contribution in [1.29, 1.82) is 0 Å². The molecule has 1 fully saturated rings. The highest BCUT2D eigenvalue weighted by Gasteiger charge is 2.12. The van der Waals surface area contributed by atoms with Gasteiger partial charge < -0.3 is 15.4 Å². The van der Waals surface area contributed by atoms with Crippen LogP contribution in [0.5, 0.6) is 0 Å². The van der Waals surface area contributed by atoms with E-state index in [2.05, 4.69) is 10.6 Å². The van der Waals surface area contributed by atoms with Gasteiger partial charge in [-0.25, -0.2) is 0 Å². The SMILES string of the molecule is CNCCCCNCC1CCCCO1. The maximum Gasteiger partial charge on any atom is 0.0699 e. The molecule has 3 heteroatoms. The molecule has 0 spiro atoms. The van der Waals surface area contributed by atoms with Crippen LogP contribution in [0.1, 0.15) is 32.1 Å². The third-order valence-corrected chi connectivity index (χ3v) is 2.68. The summed E-state index contributed by atoms with van der Waals surface area (Å²) >= 11 is 0. The Morgan fingerprint density at radius 2 is 2.07 bits per heavy atom. The molecule has 0 aliphatic carbocycles. The third kappa shape index (κ3) is 5.58. The monoisotopic (exact) mass is 200 g/mol. The smallest absolute Gasteiger partial charge is 0.0699 e. The van der Waals surface area contributed by atoms with Gasteiger partial charge in [-0.2, -0.15) is 0 Å². The van der Waals surface area contributed by atoms with E-state index in [-0.39, 0.29) is 0 Å². The average Bonchev–Trinajstić information content (AvgIpc) is 2.25. The van der Waals surface area contributed by atoms with Crippen molar-refractivity contribution in [3.05, 3.63) is 0 Å². The van der Waals surface area contributed by atoms with Gasteiger partial charge in [0.15, 0.2) is 0 Å². The molecule has 1 unspecified atom stereocenters. The van der Waals surface area contributed by atoms with Gasteiger partial charge in [0, 0.05) is 13.2 Å². The number of hydrogen-bond acceptors (Lipinski definition) is 3. The zero-order valence-electron chi connectivity index (χ0n) is 9.35. The van der Waals surface area contributed by atoms with Gasteiger partial charge in [0.05, 0.1) is 6.10 Å². The predicted octanol–water partition coefficient (Wildman–Crippen LogP) is 1.14. The van der Waals surface area contributed by atoms with E-state index in [1.807, 2.05) is 7.05 Å². The highest BCUT2D eigenvalue weighted by molar-refractivity contribution is 4.66. The summed E-state index contributed by atoms with van der Waals surface area (Å²) in [5, 5.41) is 6.62. The summed E-state index contributed by atoms with van der Waals surface area (Å²) in [6, 6.07) is 0. The van der Waals surface area contributed by atoms with Gasteiger partial charge in [-0.3, -0.25) is 0 Å². The second-order valence-electron chi connectivity index (χ2n) is 4.00. The average molecular weight is 200 g/mol. The summed E-state index contributed by atoms with van der Waals surface area (Å²) < 4.78 is 5.63. The van der Waals surface area contributed by atoms with E-state index < -0.39 is 0 Å². The van der Waals surface area contributed by atoms with Crippen molar-refractivity contribution in [2.24, 2.45) is 0 Å². The van der Waals surface area contributed by atoms with E-state index in [1.165, 1.54) is 32.1 Å². The van der Waals surface area contributed by atoms with Crippen LogP contribution in [0.4, 0.5) is 0 Å². The molecule has 1 aliphatic rings. The standard InChI is InChI=1S/C11H24N2O/c1-12-7-3-4-8-13-10-11-6-2-5-9-14-11/h11-13H,2-10H2,1H3. The maximum atomic E-state index is 5.63. The summed E-state index contributed by atoms with van der Waals surface area (Å²) in [6.45, 7) is 4.26. The summed E-state index contributed by atoms with van der Waals surface area (Å²) in [4.78, 5) is 0. The van der Waals surface area contributed by atoms with Crippen LogP contribution in [0.15, 0.2) is 0 Å². The summed E-state index contributed by atoms with van der Waals surface area (Å²) in [6.07, 6.45) is 6.82. The fraction of sp³-hybridized carbons (Fsp3) is 1.00. The quantitative estimate of drug-likeness (QED) is 0.605. The molecule has 0 bridgehead atoms. The molecule has 1 saturated heterocycles. The largest absolute Gasteiger partial charge is 0.377 e. The predicted molar refractivity (Wildman–Crippen MR) is 59.6 cm³/mol. The molecule has 3 nitrogen and oxygen atoms in total. The van der Waals surface area contributed by atoms with Crippen LogP contribution in [0, 0.1) is 0 Å². The van der Waals surface area contributed by atoms with Crippen molar-refractivity contribution in [3.8, 4) is 0 Å². The van der Waals surface area contributed by atoms with Gasteiger partial charge in [0.1, 0.15) is 0 Å². The lowest BCUT2D eigenvalue weighted by molar-refractivity contribution is 0.0170. The van der Waals surface area contributed by atoms with Crippen molar-refractivity contribution in [3.63, 3.8) is 0 Å². The molecule has 84 valence electrons. The molecule has 0 amide bonds. The number of hydrogen-bond donors (Lipinski definition) is 2. The Balaban J connectivity index is 1.82. The second kappa shape index (κ2) is 8.21. The van der Waals surface area contributed by atoms with Crippen molar-refractivity contribution in [2.75, 3.05) is 33.3 Å². The molecule has 0 aromatic rings. The van der Waals surface area contributed by atoms with Crippen molar-refractivity contribution in [2.45, 2.75) is 38.2 Å². The first-order valence-electron chi connectivity index (χ1n) is 5.90. The minimum Gasteiger partial charge on any atom is -0.377 e. The van der Waals surface area contributed by atoms with Crippen LogP contribution in [0.2, 0.25) is 0 Å². The Bertz CT molecular complexity index is 124. The van der Waals surface area contributed by atoms with Crippen LogP contribution < -0.4 is 10.6 Å². The molecule has 0 aromatic heterocycles. The van der Waals surface area contributed by atoms with Gasteiger partial charge in [-0.05, 0) is 52.2 Å². The van der Waals surface area contributed by atoms with Crippen LogP contribution >= 0.6 is 0 Å². The Hall–Kier alpha value is -0.120. The molecular weight excluding hydrogens is 176 g/mol. The molecule has 14 heavy (non-hydrogen) atoms. The Morgan fingerprint density at radius 1 is 1.21 bits per heavy atom. The molecule has 0 radical (unpaired) electrons. The van der Waals surface area contributed by atoms with Gasteiger partial charge in [0.2, 0.25) is 0 Å². The summed E-state index contributed by atoms with van der Waals surface area (Å²) in [5.74, 6) is 0. The van der Waals surface area contributed by atoms with Gasteiger partial charge in [0.25, 0.3) is 0 Å². The minimum atomic E-state index is 0.480. The normalized spacial score (nSPS) is 22.5. The van der Waals surface area contributed by atoms with Crippen molar-refractivity contribution in [1.82, 2.24) is 10.6 Å². The Labute approximate surface area is 87.6 Å². The lowest BCUT2D eigenvalue weighted by atomic mass is 10.1. The molecule has 0 aromatic carbocycles. The minimum absolute atomic E-state index is 0.480. The van der Waals surface area contributed by atoms with E-state index in [9.17, 15) is 0 Å². The molecule has 0 saturated carbocycles. The molecular formula is C11H24N2O.